The Hall–Kier alpha value is -2.95. The van der Waals surface area contributed by atoms with E-state index in [0.29, 0.717) is 11.3 Å². The maximum atomic E-state index is 12.4. The minimum Gasteiger partial charge on any atom is -0.322 e. The fourth-order valence-electron chi connectivity index (χ4n) is 2.32. The second-order valence-electron chi connectivity index (χ2n) is 4.87. The Morgan fingerprint density at radius 3 is 2.77 bits per heavy atom. The van der Waals surface area contributed by atoms with Crippen molar-refractivity contribution >= 4 is 17.2 Å². The number of aromatic nitrogens is 2. The van der Waals surface area contributed by atoms with E-state index in [2.05, 4.69) is 10.3 Å². The summed E-state index contributed by atoms with van der Waals surface area (Å²) in [6, 6.07) is 12.8. The number of pyridine rings is 1. The van der Waals surface area contributed by atoms with Gasteiger partial charge in [0.15, 0.2) is 0 Å². The predicted octanol–water partition coefficient (Wildman–Crippen LogP) is 2.51. The van der Waals surface area contributed by atoms with Gasteiger partial charge in [-0.1, -0.05) is 31.2 Å². The topological polar surface area (TPSA) is 63.5 Å². The lowest BCUT2D eigenvalue weighted by Crippen LogP contribution is -2.26. The van der Waals surface area contributed by atoms with Crippen LogP contribution >= 0.6 is 0 Å². The number of hydrogen-bond donors (Lipinski definition) is 1. The number of carbonyl (C=O) groups is 1. The number of nitrogens with one attached hydrogen (secondary N) is 1. The van der Waals surface area contributed by atoms with Crippen LogP contribution in [-0.2, 0) is 6.42 Å². The van der Waals surface area contributed by atoms with Gasteiger partial charge in [0.25, 0.3) is 11.5 Å². The number of carbonyl (C=O) groups excluding carboxylic acids is 1. The van der Waals surface area contributed by atoms with Gasteiger partial charge in [-0.25, -0.2) is 4.98 Å². The number of anilines is 1. The molecule has 0 saturated heterocycles. The van der Waals surface area contributed by atoms with Gasteiger partial charge in [-0.05, 0) is 30.2 Å². The molecule has 5 heteroatoms. The molecule has 3 aromatic rings. The summed E-state index contributed by atoms with van der Waals surface area (Å²) in [7, 11) is 0. The number of aryl methyl sites for hydroxylation is 1. The molecule has 5 nitrogen and oxygen atoms in total. The van der Waals surface area contributed by atoms with Gasteiger partial charge >= 0.3 is 0 Å². The van der Waals surface area contributed by atoms with Gasteiger partial charge < -0.3 is 5.32 Å². The SMILES string of the molecule is CCc1ccccc1NC(=O)c1cnc2ccccn2c1=O. The fraction of sp³-hybridized carbons (Fsp3) is 0.118. The zero-order valence-corrected chi connectivity index (χ0v) is 12.1. The Bertz CT molecular complexity index is 900. The van der Waals surface area contributed by atoms with Crippen molar-refractivity contribution in [1.29, 1.82) is 0 Å². The van der Waals surface area contributed by atoms with E-state index in [9.17, 15) is 9.59 Å². The summed E-state index contributed by atoms with van der Waals surface area (Å²) < 4.78 is 1.36. The Morgan fingerprint density at radius 2 is 1.95 bits per heavy atom. The molecule has 0 atom stereocenters. The fourth-order valence-corrected chi connectivity index (χ4v) is 2.32. The quantitative estimate of drug-likeness (QED) is 0.807. The van der Waals surface area contributed by atoms with Crippen molar-refractivity contribution in [2.45, 2.75) is 13.3 Å². The first-order chi connectivity index (χ1) is 10.7. The van der Waals surface area contributed by atoms with E-state index in [4.69, 9.17) is 0 Å². The van der Waals surface area contributed by atoms with Crippen molar-refractivity contribution in [2.75, 3.05) is 5.32 Å². The second-order valence-corrected chi connectivity index (χ2v) is 4.87. The molecule has 0 aliphatic rings. The molecule has 3 rings (SSSR count). The largest absolute Gasteiger partial charge is 0.322 e. The van der Waals surface area contributed by atoms with Crippen LogP contribution in [0.5, 0.6) is 0 Å². The standard InChI is InChI=1S/C17H15N3O2/c1-2-12-7-3-4-8-14(12)19-16(21)13-11-18-15-9-5-6-10-20(15)17(13)22/h3-11H,2H2,1H3,(H,19,21). The molecule has 2 aromatic heterocycles. The molecule has 1 N–H and O–H groups in total. The zero-order valence-electron chi connectivity index (χ0n) is 12.1. The third-order valence-electron chi connectivity index (χ3n) is 3.50. The molecule has 22 heavy (non-hydrogen) atoms. The van der Waals surface area contributed by atoms with E-state index in [1.165, 1.54) is 10.6 Å². The molecule has 110 valence electrons. The monoisotopic (exact) mass is 293 g/mol. The minimum absolute atomic E-state index is 0.0228. The summed E-state index contributed by atoms with van der Waals surface area (Å²) in [5, 5.41) is 2.79. The van der Waals surface area contributed by atoms with Crippen LogP contribution in [0, 0.1) is 0 Å². The third-order valence-corrected chi connectivity index (χ3v) is 3.50. The molecule has 0 spiro atoms. The molecule has 1 aromatic carbocycles. The maximum Gasteiger partial charge on any atom is 0.270 e. The normalized spacial score (nSPS) is 10.6. The summed E-state index contributed by atoms with van der Waals surface area (Å²) in [5.41, 5.74) is 1.89. The van der Waals surface area contributed by atoms with Crippen LogP contribution in [0.3, 0.4) is 0 Å². The number of benzene rings is 1. The first kappa shape index (κ1) is 14.0. The number of hydrogen-bond acceptors (Lipinski definition) is 3. The van der Waals surface area contributed by atoms with Crippen molar-refractivity contribution in [3.8, 4) is 0 Å². The Morgan fingerprint density at radius 1 is 1.18 bits per heavy atom. The molecule has 0 fully saturated rings. The highest BCUT2D eigenvalue weighted by Crippen LogP contribution is 2.16. The van der Waals surface area contributed by atoms with Crippen LogP contribution in [0.4, 0.5) is 5.69 Å². The lowest BCUT2D eigenvalue weighted by molar-refractivity contribution is 0.102. The molecular formula is C17H15N3O2. The smallest absolute Gasteiger partial charge is 0.270 e. The second kappa shape index (κ2) is 5.81. The van der Waals surface area contributed by atoms with Crippen LogP contribution in [0.2, 0.25) is 0 Å². The van der Waals surface area contributed by atoms with E-state index < -0.39 is 5.91 Å². The molecule has 1 amide bonds. The third kappa shape index (κ3) is 2.48. The van der Waals surface area contributed by atoms with Gasteiger partial charge in [-0.3, -0.25) is 14.0 Å². The van der Waals surface area contributed by atoms with Gasteiger partial charge in [0.1, 0.15) is 11.2 Å². The number of para-hydroxylation sites is 1. The highest BCUT2D eigenvalue weighted by Gasteiger charge is 2.14. The van der Waals surface area contributed by atoms with E-state index in [0.717, 1.165) is 12.0 Å². The molecular weight excluding hydrogens is 278 g/mol. The molecule has 0 radical (unpaired) electrons. The first-order valence-corrected chi connectivity index (χ1v) is 7.06. The Balaban J connectivity index is 1.99. The molecule has 2 heterocycles. The molecule has 0 saturated carbocycles. The van der Waals surface area contributed by atoms with Gasteiger partial charge in [-0.2, -0.15) is 0 Å². The van der Waals surface area contributed by atoms with Crippen LogP contribution < -0.4 is 10.9 Å². The lowest BCUT2D eigenvalue weighted by atomic mass is 10.1. The van der Waals surface area contributed by atoms with E-state index in [-0.39, 0.29) is 11.1 Å². The summed E-state index contributed by atoms with van der Waals surface area (Å²) >= 11 is 0. The average Bonchev–Trinajstić information content (AvgIpc) is 2.56. The van der Waals surface area contributed by atoms with E-state index in [1.807, 2.05) is 31.2 Å². The predicted molar refractivity (Wildman–Crippen MR) is 85.2 cm³/mol. The highest BCUT2D eigenvalue weighted by molar-refractivity contribution is 6.04. The van der Waals surface area contributed by atoms with Crippen molar-refractivity contribution in [2.24, 2.45) is 0 Å². The van der Waals surface area contributed by atoms with Crippen LogP contribution in [0.25, 0.3) is 5.65 Å². The number of nitrogens with zero attached hydrogens (tertiary/aromatic N) is 2. The van der Waals surface area contributed by atoms with Crippen LogP contribution in [-0.4, -0.2) is 15.3 Å². The number of amides is 1. The van der Waals surface area contributed by atoms with Gasteiger partial charge in [0.2, 0.25) is 0 Å². The first-order valence-electron chi connectivity index (χ1n) is 7.06. The molecule has 0 bridgehead atoms. The van der Waals surface area contributed by atoms with Crippen LogP contribution in [0.1, 0.15) is 22.8 Å². The van der Waals surface area contributed by atoms with E-state index in [1.54, 1.807) is 24.4 Å². The van der Waals surface area contributed by atoms with Crippen molar-refractivity contribution in [3.63, 3.8) is 0 Å². The Labute approximate surface area is 127 Å². The maximum absolute atomic E-state index is 12.4. The highest BCUT2D eigenvalue weighted by atomic mass is 16.2. The van der Waals surface area contributed by atoms with Crippen molar-refractivity contribution < 1.29 is 4.79 Å². The zero-order chi connectivity index (χ0) is 15.5. The lowest BCUT2D eigenvalue weighted by Gasteiger charge is -2.09. The molecule has 0 aliphatic heterocycles. The summed E-state index contributed by atoms with van der Waals surface area (Å²) in [6.07, 6.45) is 3.72. The van der Waals surface area contributed by atoms with Gasteiger partial charge in [-0.15, -0.1) is 0 Å². The summed E-state index contributed by atoms with van der Waals surface area (Å²) in [5.74, 6) is -0.448. The van der Waals surface area contributed by atoms with Crippen molar-refractivity contribution in [1.82, 2.24) is 9.38 Å². The number of fused-ring (bicyclic) bond motifs is 1. The summed E-state index contributed by atoms with van der Waals surface area (Å²) in [4.78, 5) is 28.9. The summed E-state index contributed by atoms with van der Waals surface area (Å²) in [6.45, 7) is 2.01. The van der Waals surface area contributed by atoms with Gasteiger partial charge in [0.05, 0.1) is 0 Å². The average molecular weight is 293 g/mol. The Kier molecular flexibility index (Phi) is 3.70. The van der Waals surface area contributed by atoms with Gasteiger partial charge in [0, 0.05) is 18.1 Å². The van der Waals surface area contributed by atoms with Crippen LogP contribution in [0.15, 0.2) is 59.7 Å². The molecule has 0 unspecified atom stereocenters. The van der Waals surface area contributed by atoms with E-state index >= 15 is 0 Å². The van der Waals surface area contributed by atoms with Crippen molar-refractivity contribution in [3.05, 3.63) is 76.3 Å². The molecule has 0 aliphatic carbocycles. The minimum atomic E-state index is -0.448. The number of rotatable bonds is 3.